The van der Waals surface area contributed by atoms with Crippen molar-refractivity contribution in [1.82, 2.24) is 0 Å². The first-order valence-electron chi connectivity index (χ1n) is 23.1. The van der Waals surface area contributed by atoms with Crippen molar-refractivity contribution in [2.45, 2.75) is 211 Å². The molecular formula is C47H81O13P. The van der Waals surface area contributed by atoms with E-state index in [9.17, 15) is 44.6 Å². The number of unbranched alkanes of at least 4 members (excludes halogenated alkanes) is 15. The second kappa shape index (κ2) is 37.0. The van der Waals surface area contributed by atoms with Crippen molar-refractivity contribution >= 4 is 19.8 Å². The van der Waals surface area contributed by atoms with Crippen molar-refractivity contribution in [3.63, 3.8) is 0 Å². The molecule has 6 unspecified atom stereocenters. The van der Waals surface area contributed by atoms with Crippen LogP contribution in [0.25, 0.3) is 0 Å². The Labute approximate surface area is 366 Å². The summed E-state index contributed by atoms with van der Waals surface area (Å²) in [6, 6.07) is 0. The zero-order valence-electron chi connectivity index (χ0n) is 37.2. The first-order chi connectivity index (χ1) is 29.4. The summed E-state index contributed by atoms with van der Waals surface area (Å²) >= 11 is 0. The Bertz CT molecular complexity index is 1300. The van der Waals surface area contributed by atoms with Gasteiger partial charge in [-0.05, 0) is 77.0 Å². The Morgan fingerprint density at radius 3 is 1.48 bits per heavy atom. The van der Waals surface area contributed by atoms with Crippen LogP contribution in [-0.4, -0.2) is 98.3 Å². The maximum atomic E-state index is 12.8. The van der Waals surface area contributed by atoms with Gasteiger partial charge < -0.3 is 39.9 Å². The number of aliphatic hydroxyl groups is 5. The maximum Gasteiger partial charge on any atom is 0.472 e. The van der Waals surface area contributed by atoms with E-state index in [0.717, 1.165) is 64.2 Å². The number of hydrogen-bond donors (Lipinski definition) is 6. The highest BCUT2D eigenvalue weighted by Gasteiger charge is 2.51. The quantitative estimate of drug-likeness (QED) is 0.0149. The number of hydrogen-bond acceptors (Lipinski definition) is 12. The molecule has 0 heterocycles. The van der Waals surface area contributed by atoms with Crippen molar-refractivity contribution in [1.29, 1.82) is 0 Å². The van der Waals surface area contributed by atoms with Gasteiger partial charge in [0, 0.05) is 12.8 Å². The first-order valence-corrected chi connectivity index (χ1v) is 24.6. The molecule has 0 saturated heterocycles. The van der Waals surface area contributed by atoms with E-state index in [0.29, 0.717) is 19.3 Å². The topological polar surface area (TPSA) is 210 Å². The molecule has 0 aromatic heterocycles. The number of carbonyl (C=O) groups excluding carboxylic acids is 2. The monoisotopic (exact) mass is 885 g/mol. The van der Waals surface area contributed by atoms with Gasteiger partial charge in [-0.2, -0.15) is 0 Å². The molecule has 1 aliphatic rings. The molecule has 0 bridgehead atoms. The molecule has 352 valence electrons. The van der Waals surface area contributed by atoms with E-state index in [-0.39, 0.29) is 12.8 Å². The normalized spacial score (nSPS) is 22.6. The summed E-state index contributed by atoms with van der Waals surface area (Å²) in [5, 5.41) is 50.1. The SMILES string of the molecule is CC/C=C\C/C=C\C/C=C\C/C=C\CCCCC(=O)O[C@H](COC(=O)CCCCCCCCC/C=C\CCCCCCCC)COP(=O)(O)OC1C(O)C(O)C(O)[C@@H](O)C1O. The molecule has 8 atom stereocenters. The van der Waals surface area contributed by atoms with E-state index in [2.05, 4.69) is 68.5 Å². The molecule has 0 amide bonds. The van der Waals surface area contributed by atoms with Crippen LogP contribution in [0.1, 0.15) is 168 Å². The minimum atomic E-state index is -5.13. The van der Waals surface area contributed by atoms with E-state index in [1.54, 1.807) is 0 Å². The fourth-order valence-electron chi connectivity index (χ4n) is 6.62. The molecule has 1 rings (SSSR count). The fourth-order valence-corrected chi connectivity index (χ4v) is 7.60. The molecule has 0 radical (unpaired) electrons. The zero-order valence-corrected chi connectivity index (χ0v) is 38.1. The number of allylic oxidation sites excluding steroid dienone is 10. The van der Waals surface area contributed by atoms with E-state index < -0.39 is 75.7 Å². The Morgan fingerprint density at radius 2 is 0.934 bits per heavy atom. The Morgan fingerprint density at radius 1 is 0.525 bits per heavy atom. The van der Waals surface area contributed by atoms with Gasteiger partial charge in [0.2, 0.25) is 0 Å². The van der Waals surface area contributed by atoms with Gasteiger partial charge in [0.1, 0.15) is 43.2 Å². The third kappa shape index (κ3) is 29.5. The van der Waals surface area contributed by atoms with Crippen molar-refractivity contribution in [2.24, 2.45) is 0 Å². The number of rotatable bonds is 37. The summed E-state index contributed by atoms with van der Waals surface area (Å²) in [4.78, 5) is 35.7. The van der Waals surface area contributed by atoms with E-state index in [1.165, 1.54) is 57.8 Å². The minimum Gasteiger partial charge on any atom is -0.462 e. The van der Waals surface area contributed by atoms with E-state index in [4.69, 9.17) is 18.5 Å². The Hall–Kier alpha value is -2.45. The Balaban J connectivity index is 2.49. The predicted octanol–water partition coefficient (Wildman–Crippen LogP) is 8.94. The van der Waals surface area contributed by atoms with Crippen LogP contribution in [0, 0.1) is 0 Å². The van der Waals surface area contributed by atoms with Gasteiger partial charge in [-0.3, -0.25) is 18.6 Å². The van der Waals surface area contributed by atoms with Crippen LogP contribution >= 0.6 is 7.82 Å². The van der Waals surface area contributed by atoms with Crippen LogP contribution in [0.5, 0.6) is 0 Å². The van der Waals surface area contributed by atoms with Crippen molar-refractivity contribution in [2.75, 3.05) is 13.2 Å². The molecule has 13 nitrogen and oxygen atoms in total. The van der Waals surface area contributed by atoms with E-state index in [1.807, 2.05) is 6.08 Å². The van der Waals surface area contributed by atoms with Crippen LogP contribution in [0.4, 0.5) is 0 Å². The molecule has 1 saturated carbocycles. The summed E-state index contributed by atoms with van der Waals surface area (Å²) in [6.07, 6.45) is 31.4. The lowest BCUT2D eigenvalue weighted by Gasteiger charge is -2.41. The van der Waals surface area contributed by atoms with Crippen LogP contribution in [0.15, 0.2) is 60.8 Å². The number of ether oxygens (including phenoxy) is 2. The summed E-state index contributed by atoms with van der Waals surface area (Å²) in [5.41, 5.74) is 0. The summed E-state index contributed by atoms with van der Waals surface area (Å²) in [7, 11) is -5.13. The van der Waals surface area contributed by atoms with Crippen LogP contribution in [-0.2, 0) is 32.7 Å². The van der Waals surface area contributed by atoms with Gasteiger partial charge in [0.25, 0.3) is 0 Å². The van der Waals surface area contributed by atoms with Crippen molar-refractivity contribution in [3.05, 3.63) is 60.8 Å². The van der Waals surface area contributed by atoms with E-state index >= 15 is 0 Å². The smallest absolute Gasteiger partial charge is 0.462 e. The lowest BCUT2D eigenvalue weighted by Crippen LogP contribution is -2.64. The third-order valence-electron chi connectivity index (χ3n) is 10.3. The number of phosphoric acid groups is 1. The lowest BCUT2D eigenvalue weighted by atomic mass is 9.85. The van der Waals surface area contributed by atoms with Crippen LogP contribution in [0.2, 0.25) is 0 Å². The number of carbonyl (C=O) groups is 2. The standard InChI is InChI=1S/C47H81O13P/c1-3-5-7-9-11-13-15-17-19-20-22-23-25-27-29-31-33-35-40(48)57-37-39(38-58-61(55,56)60-47-45(53)43(51)42(50)44(52)46(47)54)59-41(49)36-34-32-30-28-26-24-21-18-16-14-12-10-8-6-4-2/h6,8,12,14,17-19,21,26,28,39,42-47,50-54H,3-5,7,9-11,13,15-16,20,22-25,27,29-38H2,1-2H3,(H,55,56)/b8-6-,14-12-,19-17-,21-18-,28-26-/t39-,42?,43-,44?,45?,46?,47?/m1/s1. The summed E-state index contributed by atoms with van der Waals surface area (Å²) in [5.74, 6) is -1.16. The second-order valence-electron chi connectivity index (χ2n) is 15.9. The van der Waals surface area contributed by atoms with Gasteiger partial charge in [0.15, 0.2) is 6.10 Å². The predicted molar refractivity (Wildman–Crippen MR) is 239 cm³/mol. The van der Waals surface area contributed by atoms with Crippen LogP contribution in [0.3, 0.4) is 0 Å². The van der Waals surface area contributed by atoms with Gasteiger partial charge in [-0.15, -0.1) is 0 Å². The molecule has 14 heteroatoms. The lowest BCUT2D eigenvalue weighted by molar-refractivity contribution is -0.220. The fraction of sp³-hybridized carbons (Fsp3) is 0.745. The van der Waals surface area contributed by atoms with Gasteiger partial charge in [0.05, 0.1) is 6.61 Å². The zero-order chi connectivity index (χ0) is 45.0. The minimum absolute atomic E-state index is 0.0414. The summed E-state index contributed by atoms with van der Waals surface area (Å²) < 4.78 is 33.5. The third-order valence-corrected chi connectivity index (χ3v) is 11.3. The molecule has 6 N–H and O–H groups in total. The molecule has 1 aliphatic carbocycles. The van der Waals surface area contributed by atoms with Crippen molar-refractivity contribution < 1.29 is 63.1 Å². The molecule has 0 aromatic carbocycles. The maximum absolute atomic E-state index is 12.8. The average molecular weight is 885 g/mol. The molecule has 0 spiro atoms. The second-order valence-corrected chi connectivity index (χ2v) is 17.3. The number of esters is 2. The van der Waals surface area contributed by atoms with Gasteiger partial charge >= 0.3 is 19.8 Å². The number of aliphatic hydroxyl groups excluding tert-OH is 5. The largest absolute Gasteiger partial charge is 0.472 e. The van der Waals surface area contributed by atoms with Gasteiger partial charge in [-0.1, -0.05) is 139 Å². The molecule has 0 aliphatic heterocycles. The summed E-state index contributed by atoms with van der Waals surface area (Å²) in [6.45, 7) is 3.13. The average Bonchev–Trinajstić information content (AvgIpc) is 3.24. The molecule has 1 fully saturated rings. The highest BCUT2D eigenvalue weighted by atomic mass is 31.2. The first kappa shape index (κ1) is 56.6. The molecule has 0 aromatic rings. The Kier molecular flexibility index (Phi) is 34.3. The molecular weight excluding hydrogens is 803 g/mol. The highest BCUT2D eigenvalue weighted by molar-refractivity contribution is 7.47. The molecule has 61 heavy (non-hydrogen) atoms. The van der Waals surface area contributed by atoms with Crippen LogP contribution < -0.4 is 0 Å². The van der Waals surface area contributed by atoms with Crippen molar-refractivity contribution in [3.8, 4) is 0 Å². The number of phosphoric ester groups is 1. The highest BCUT2D eigenvalue weighted by Crippen LogP contribution is 2.47. The van der Waals surface area contributed by atoms with Gasteiger partial charge in [-0.25, -0.2) is 4.57 Å².